The normalized spacial score (nSPS) is 10.1. The number of carbonyl (C=O) groups is 1. The predicted octanol–water partition coefficient (Wildman–Crippen LogP) is 3.27. The van der Waals surface area contributed by atoms with Crippen molar-refractivity contribution < 1.29 is 9.90 Å². The fourth-order valence-corrected chi connectivity index (χ4v) is 1.61. The first-order valence-corrected chi connectivity index (χ1v) is 5.37. The highest BCUT2D eigenvalue weighted by molar-refractivity contribution is 6.37. The summed E-state index contributed by atoms with van der Waals surface area (Å²) in [5.41, 5.74) is 0.429. The number of benzene rings is 1. The van der Waals surface area contributed by atoms with Crippen molar-refractivity contribution in [2.75, 3.05) is 11.2 Å². The third-order valence-corrected chi connectivity index (χ3v) is 2.39. The Hall–Kier alpha value is -0.640. The van der Waals surface area contributed by atoms with E-state index < -0.39 is 0 Å². The van der Waals surface area contributed by atoms with Crippen molar-refractivity contribution >= 4 is 46.4 Å². The minimum Gasteiger partial charge on any atom is -0.505 e. The number of halogens is 3. The number of phenols is 1. The second-order valence-corrected chi connectivity index (χ2v) is 3.97. The quantitative estimate of drug-likeness (QED) is 0.653. The van der Waals surface area contributed by atoms with Gasteiger partial charge in [-0.3, -0.25) is 4.79 Å². The molecule has 0 aromatic heterocycles. The summed E-state index contributed by atoms with van der Waals surface area (Å²) in [4.78, 5) is 11.2. The van der Waals surface area contributed by atoms with E-state index in [0.29, 0.717) is 5.69 Å². The molecule has 0 heterocycles. The number of amides is 1. The first kappa shape index (κ1) is 12.4. The molecule has 1 amide bonds. The molecule has 0 spiro atoms. The smallest absolute Gasteiger partial charge is 0.225 e. The Labute approximate surface area is 102 Å². The van der Waals surface area contributed by atoms with Gasteiger partial charge in [0.05, 0.1) is 10.0 Å². The van der Waals surface area contributed by atoms with Crippen molar-refractivity contribution in [3.05, 3.63) is 22.2 Å². The lowest BCUT2D eigenvalue weighted by molar-refractivity contribution is -0.115. The van der Waals surface area contributed by atoms with E-state index in [1.165, 1.54) is 12.1 Å². The SMILES string of the molecule is O=C(CCCl)Nc1cc(Cl)c(O)c(Cl)c1. The van der Waals surface area contributed by atoms with Crippen LogP contribution in [0.2, 0.25) is 10.0 Å². The molecule has 0 saturated heterocycles. The Bertz CT molecular complexity index is 359. The van der Waals surface area contributed by atoms with E-state index in [-0.39, 0.29) is 34.0 Å². The van der Waals surface area contributed by atoms with Gasteiger partial charge in [0.2, 0.25) is 5.91 Å². The second kappa shape index (κ2) is 5.45. The number of nitrogens with one attached hydrogen (secondary N) is 1. The first-order chi connectivity index (χ1) is 7.04. The number of hydrogen-bond acceptors (Lipinski definition) is 2. The average Bonchev–Trinajstić information content (AvgIpc) is 2.14. The van der Waals surface area contributed by atoms with Crippen LogP contribution in [-0.2, 0) is 4.79 Å². The molecule has 3 nitrogen and oxygen atoms in total. The van der Waals surface area contributed by atoms with Gasteiger partial charge in [0, 0.05) is 18.0 Å². The third kappa shape index (κ3) is 3.45. The molecule has 2 N–H and O–H groups in total. The summed E-state index contributed by atoms with van der Waals surface area (Å²) in [6.07, 6.45) is 0.206. The van der Waals surface area contributed by atoms with E-state index in [1.54, 1.807) is 0 Å². The van der Waals surface area contributed by atoms with E-state index in [2.05, 4.69) is 5.32 Å². The van der Waals surface area contributed by atoms with Crippen LogP contribution in [0, 0.1) is 0 Å². The fourth-order valence-electron chi connectivity index (χ4n) is 0.947. The Morgan fingerprint density at radius 1 is 1.33 bits per heavy atom. The van der Waals surface area contributed by atoms with Gasteiger partial charge >= 0.3 is 0 Å². The standard InChI is InChI=1S/C9H8Cl3NO2/c10-2-1-8(14)13-5-3-6(11)9(15)7(12)4-5/h3-4,15H,1-2H2,(H,13,14). The number of anilines is 1. The van der Waals surface area contributed by atoms with Gasteiger partial charge in [-0.05, 0) is 12.1 Å². The average molecular weight is 269 g/mol. The van der Waals surface area contributed by atoms with E-state index in [1.807, 2.05) is 0 Å². The summed E-state index contributed by atoms with van der Waals surface area (Å²) in [6.45, 7) is 0. The molecule has 1 aromatic carbocycles. The zero-order valence-electron chi connectivity index (χ0n) is 7.56. The summed E-state index contributed by atoms with van der Waals surface area (Å²) in [6, 6.07) is 2.82. The summed E-state index contributed by atoms with van der Waals surface area (Å²) >= 11 is 16.7. The molecule has 0 unspecified atom stereocenters. The highest BCUT2D eigenvalue weighted by Gasteiger charge is 2.08. The molecular weight excluding hydrogens is 260 g/mol. The summed E-state index contributed by atoms with van der Waals surface area (Å²) in [7, 11) is 0. The van der Waals surface area contributed by atoms with Gasteiger partial charge in [-0.1, -0.05) is 23.2 Å². The van der Waals surface area contributed by atoms with Gasteiger partial charge in [-0.15, -0.1) is 11.6 Å². The molecule has 0 bridgehead atoms. The van der Waals surface area contributed by atoms with Gasteiger partial charge in [0.15, 0.2) is 5.75 Å². The lowest BCUT2D eigenvalue weighted by Gasteiger charge is -2.06. The maximum absolute atomic E-state index is 11.2. The Morgan fingerprint density at radius 2 is 1.87 bits per heavy atom. The van der Waals surface area contributed by atoms with Crippen LogP contribution < -0.4 is 5.32 Å². The van der Waals surface area contributed by atoms with Crippen molar-refractivity contribution in [2.45, 2.75) is 6.42 Å². The summed E-state index contributed by atoms with van der Waals surface area (Å²) in [5.74, 6) is -0.192. The number of alkyl halides is 1. The van der Waals surface area contributed by atoms with E-state index >= 15 is 0 Å². The Morgan fingerprint density at radius 3 is 2.33 bits per heavy atom. The molecule has 15 heavy (non-hydrogen) atoms. The minimum absolute atomic E-state index is 0.0867. The second-order valence-electron chi connectivity index (χ2n) is 2.78. The van der Waals surface area contributed by atoms with Gasteiger partial charge < -0.3 is 10.4 Å². The van der Waals surface area contributed by atoms with Crippen LogP contribution in [-0.4, -0.2) is 16.9 Å². The van der Waals surface area contributed by atoms with Gasteiger partial charge in [-0.25, -0.2) is 0 Å². The summed E-state index contributed by atoms with van der Waals surface area (Å²) < 4.78 is 0. The van der Waals surface area contributed by atoms with E-state index in [4.69, 9.17) is 34.8 Å². The molecule has 0 aliphatic heterocycles. The number of rotatable bonds is 3. The van der Waals surface area contributed by atoms with Gasteiger partial charge in [0.1, 0.15) is 0 Å². The molecule has 1 rings (SSSR count). The molecule has 0 atom stereocenters. The van der Waals surface area contributed by atoms with Crippen LogP contribution >= 0.6 is 34.8 Å². The molecule has 0 aliphatic carbocycles. The molecule has 0 aliphatic rings. The van der Waals surface area contributed by atoms with Crippen LogP contribution in [0.4, 0.5) is 5.69 Å². The predicted molar refractivity (Wildman–Crippen MR) is 62.1 cm³/mol. The topological polar surface area (TPSA) is 49.3 Å². The number of aromatic hydroxyl groups is 1. The van der Waals surface area contributed by atoms with Gasteiger partial charge in [-0.2, -0.15) is 0 Å². The van der Waals surface area contributed by atoms with E-state index in [0.717, 1.165) is 0 Å². The molecular formula is C9H8Cl3NO2. The monoisotopic (exact) mass is 267 g/mol. The molecule has 0 saturated carbocycles. The zero-order valence-corrected chi connectivity index (χ0v) is 9.83. The molecule has 0 radical (unpaired) electrons. The molecule has 82 valence electrons. The number of carbonyl (C=O) groups excluding carboxylic acids is 1. The van der Waals surface area contributed by atoms with Crippen molar-refractivity contribution in [1.82, 2.24) is 0 Å². The zero-order chi connectivity index (χ0) is 11.4. The lowest BCUT2D eigenvalue weighted by atomic mass is 10.3. The highest BCUT2D eigenvalue weighted by atomic mass is 35.5. The van der Waals surface area contributed by atoms with Crippen LogP contribution in [0.1, 0.15) is 6.42 Å². The fraction of sp³-hybridized carbons (Fsp3) is 0.222. The van der Waals surface area contributed by atoms with Crippen LogP contribution in [0.3, 0.4) is 0 Å². The highest BCUT2D eigenvalue weighted by Crippen LogP contribution is 2.34. The van der Waals surface area contributed by atoms with Crippen LogP contribution in [0.15, 0.2) is 12.1 Å². The summed E-state index contributed by atoms with van der Waals surface area (Å²) in [5, 5.41) is 12.0. The molecule has 6 heteroatoms. The lowest BCUT2D eigenvalue weighted by Crippen LogP contribution is -2.11. The minimum atomic E-state index is -0.233. The molecule has 1 aromatic rings. The Kier molecular flexibility index (Phi) is 4.51. The van der Waals surface area contributed by atoms with Gasteiger partial charge in [0.25, 0.3) is 0 Å². The van der Waals surface area contributed by atoms with Crippen molar-refractivity contribution in [2.24, 2.45) is 0 Å². The molecule has 0 fully saturated rings. The maximum Gasteiger partial charge on any atom is 0.225 e. The van der Waals surface area contributed by atoms with Crippen molar-refractivity contribution in [3.8, 4) is 5.75 Å². The largest absolute Gasteiger partial charge is 0.505 e. The Balaban J connectivity index is 2.83. The van der Waals surface area contributed by atoms with Crippen LogP contribution in [0.5, 0.6) is 5.75 Å². The van der Waals surface area contributed by atoms with Crippen molar-refractivity contribution in [3.63, 3.8) is 0 Å². The number of phenolic OH excluding ortho intramolecular Hbond substituents is 1. The maximum atomic E-state index is 11.2. The third-order valence-electron chi connectivity index (χ3n) is 1.62. The first-order valence-electron chi connectivity index (χ1n) is 4.08. The number of hydrogen-bond donors (Lipinski definition) is 2. The van der Waals surface area contributed by atoms with E-state index in [9.17, 15) is 9.90 Å². The van der Waals surface area contributed by atoms with Crippen molar-refractivity contribution in [1.29, 1.82) is 0 Å². The van der Waals surface area contributed by atoms with Crippen LogP contribution in [0.25, 0.3) is 0 Å².